The van der Waals surface area contributed by atoms with Crippen LogP contribution in [0.1, 0.15) is 44.1 Å². The number of fused-ring (bicyclic) bond motifs is 4. The first kappa shape index (κ1) is 18.8. The summed E-state index contributed by atoms with van der Waals surface area (Å²) in [5, 5.41) is 29.0. The molecule has 12 heteroatoms. The molecule has 27 heavy (non-hydrogen) atoms. The first-order valence-corrected chi connectivity index (χ1v) is 8.31. The Morgan fingerprint density at radius 3 is 2.74 bits per heavy atom. The Labute approximate surface area is 155 Å². The third-order valence-corrected chi connectivity index (χ3v) is 4.40. The molecule has 0 saturated carbocycles. The number of hydrogen-bond donors (Lipinski definition) is 3. The first-order chi connectivity index (χ1) is 12.5. The molecular weight excluding hydrogens is 358 g/mol. The minimum atomic E-state index is -0.863. The molecule has 3 rings (SSSR count). The highest BCUT2D eigenvalue weighted by Gasteiger charge is 2.52. The van der Waals surface area contributed by atoms with E-state index < -0.39 is 29.8 Å². The van der Waals surface area contributed by atoms with Crippen LogP contribution in [0.5, 0.6) is 0 Å². The van der Waals surface area contributed by atoms with Gasteiger partial charge in [-0.2, -0.15) is 10.2 Å². The number of nitrogens with zero attached hydrogens (tertiary/aromatic N) is 6. The van der Waals surface area contributed by atoms with E-state index in [9.17, 15) is 20.0 Å². The van der Waals surface area contributed by atoms with Crippen LogP contribution in [-0.4, -0.2) is 72.3 Å². The number of ether oxygens (including phenoxy) is 1. The van der Waals surface area contributed by atoms with E-state index in [1.165, 1.54) is 21.6 Å². The Hall–Kier alpha value is -3.02. The van der Waals surface area contributed by atoms with E-state index >= 15 is 0 Å². The van der Waals surface area contributed by atoms with Crippen LogP contribution < -0.4 is 5.43 Å². The summed E-state index contributed by atoms with van der Waals surface area (Å²) in [4.78, 5) is 25.8. The maximum Gasteiger partial charge on any atom is 0.426 e. The first-order valence-electron chi connectivity index (χ1n) is 8.31. The van der Waals surface area contributed by atoms with Gasteiger partial charge in [0.15, 0.2) is 5.84 Å². The van der Waals surface area contributed by atoms with Crippen molar-refractivity contribution in [3.63, 3.8) is 0 Å². The third kappa shape index (κ3) is 3.12. The maximum absolute atomic E-state index is 12.4. The van der Waals surface area contributed by atoms with Gasteiger partial charge in [0.25, 0.3) is 0 Å². The number of hydroxylamine groups is 2. The number of urea groups is 1. The number of hydrogen-bond acceptors (Lipinski definition) is 7. The molecule has 2 aliphatic heterocycles. The molecule has 2 aliphatic rings. The van der Waals surface area contributed by atoms with Crippen molar-refractivity contribution < 1.29 is 24.7 Å². The number of amides is 3. The van der Waals surface area contributed by atoms with E-state index in [-0.39, 0.29) is 12.4 Å². The number of carbonyl (C=O) groups excluding carboxylic acids is 2. The molecule has 0 unspecified atom stereocenters. The number of likely N-dealkylation sites (N-methyl/N-ethyl adjacent to an activating group) is 1. The van der Waals surface area contributed by atoms with Crippen LogP contribution in [0.15, 0.2) is 11.4 Å². The van der Waals surface area contributed by atoms with Crippen LogP contribution in [0, 0.1) is 0 Å². The highest BCUT2D eigenvalue weighted by molar-refractivity contribution is 5.94. The molecule has 3 amide bonds. The molecule has 12 nitrogen and oxygen atoms in total. The quantitative estimate of drug-likeness (QED) is 0.215. The summed E-state index contributed by atoms with van der Waals surface area (Å²) in [5.41, 5.74) is 2.95. The Kier molecular flexibility index (Phi) is 4.38. The molecule has 1 aromatic heterocycles. The van der Waals surface area contributed by atoms with Gasteiger partial charge in [-0.1, -0.05) is 5.16 Å². The second-order valence-corrected chi connectivity index (χ2v) is 7.44. The molecule has 1 saturated heterocycles. The van der Waals surface area contributed by atoms with Crippen molar-refractivity contribution in [3.8, 4) is 0 Å². The summed E-state index contributed by atoms with van der Waals surface area (Å²) in [6, 6.07) is -2.05. The number of nitrogens with one attached hydrogen (secondary N) is 1. The summed E-state index contributed by atoms with van der Waals surface area (Å²) in [6.07, 6.45) is 0.809. The fourth-order valence-electron chi connectivity index (χ4n) is 3.32. The van der Waals surface area contributed by atoms with Crippen molar-refractivity contribution >= 4 is 18.0 Å². The Bertz CT molecular complexity index is 799. The molecule has 3 heterocycles. The Balaban J connectivity index is 1.92. The second kappa shape index (κ2) is 6.30. The zero-order chi connectivity index (χ0) is 20.1. The van der Waals surface area contributed by atoms with Crippen molar-refractivity contribution in [3.05, 3.63) is 17.5 Å². The van der Waals surface area contributed by atoms with Gasteiger partial charge in [0.2, 0.25) is 0 Å². The molecule has 0 spiro atoms. The molecule has 0 aromatic carbocycles. The number of amidine groups is 1. The largest absolute Gasteiger partial charge is 0.443 e. The minimum absolute atomic E-state index is 0.0344. The lowest BCUT2D eigenvalue weighted by Crippen LogP contribution is -2.51. The van der Waals surface area contributed by atoms with E-state index in [0.717, 1.165) is 0 Å². The number of aryl methyl sites for hydroxylation is 1. The minimum Gasteiger partial charge on any atom is -0.443 e. The van der Waals surface area contributed by atoms with Gasteiger partial charge in [-0.05, 0) is 20.8 Å². The van der Waals surface area contributed by atoms with Gasteiger partial charge in [-0.15, -0.1) is 0 Å². The third-order valence-electron chi connectivity index (χ3n) is 4.40. The monoisotopic (exact) mass is 381 g/mol. The van der Waals surface area contributed by atoms with E-state index in [0.29, 0.717) is 16.3 Å². The maximum atomic E-state index is 12.4. The molecule has 148 valence electrons. The molecule has 2 bridgehead atoms. The van der Waals surface area contributed by atoms with E-state index in [1.54, 1.807) is 34.0 Å². The normalized spacial score (nSPS) is 22.0. The highest BCUT2D eigenvalue weighted by Crippen LogP contribution is 2.43. The summed E-state index contributed by atoms with van der Waals surface area (Å²) < 4.78 is 6.73. The lowest BCUT2D eigenvalue weighted by molar-refractivity contribution is -0.0586. The molecule has 0 radical (unpaired) electrons. The fraction of sp³-hybridized carbons (Fsp3) is 0.600. The summed E-state index contributed by atoms with van der Waals surface area (Å²) in [7, 11) is 3.14. The number of hydrazine groups is 1. The molecular formula is C15H23N7O5. The molecule has 0 aliphatic carbocycles. The van der Waals surface area contributed by atoms with Gasteiger partial charge in [-0.3, -0.25) is 14.9 Å². The van der Waals surface area contributed by atoms with Crippen LogP contribution in [0.3, 0.4) is 0 Å². The predicted molar refractivity (Wildman–Crippen MR) is 90.8 cm³/mol. The average Bonchev–Trinajstić information content (AvgIpc) is 3.04. The van der Waals surface area contributed by atoms with E-state index in [4.69, 9.17) is 4.74 Å². The number of oxime groups is 1. The van der Waals surface area contributed by atoms with Gasteiger partial charge >= 0.3 is 12.1 Å². The van der Waals surface area contributed by atoms with E-state index in [1.807, 2.05) is 0 Å². The summed E-state index contributed by atoms with van der Waals surface area (Å²) in [6.45, 7) is 5.35. The average molecular weight is 381 g/mol. The topological polar surface area (TPSA) is 136 Å². The lowest BCUT2D eigenvalue weighted by Gasteiger charge is -2.34. The van der Waals surface area contributed by atoms with Crippen LogP contribution in [0.25, 0.3) is 0 Å². The molecule has 2 atom stereocenters. The van der Waals surface area contributed by atoms with Gasteiger partial charge in [0.1, 0.15) is 17.7 Å². The smallest absolute Gasteiger partial charge is 0.426 e. The Morgan fingerprint density at radius 2 is 2.15 bits per heavy atom. The Morgan fingerprint density at radius 1 is 1.48 bits per heavy atom. The summed E-state index contributed by atoms with van der Waals surface area (Å²) in [5.74, 6) is -0.0344. The van der Waals surface area contributed by atoms with Crippen LogP contribution in [0.2, 0.25) is 0 Å². The number of carbonyl (C=O) groups is 2. The van der Waals surface area contributed by atoms with Crippen molar-refractivity contribution in [2.75, 3.05) is 13.6 Å². The van der Waals surface area contributed by atoms with Gasteiger partial charge in [0, 0.05) is 19.7 Å². The second-order valence-electron chi connectivity index (χ2n) is 7.44. The van der Waals surface area contributed by atoms with Crippen LogP contribution in [-0.2, 0) is 11.8 Å². The molecule has 1 aromatic rings. The van der Waals surface area contributed by atoms with E-state index in [2.05, 4.69) is 15.7 Å². The SMILES string of the molecule is CN(NC(=O)OC(C)(C)C)/C(=N\O)[C@@H]1c2c(cnn2C)[C@@H]2CN1C(=O)N2O. The van der Waals surface area contributed by atoms with Gasteiger partial charge in [-0.25, -0.2) is 15.0 Å². The fourth-order valence-corrected chi connectivity index (χ4v) is 3.32. The zero-order valence-electron chi connectivity index (χ0n) is 15.7. The lowest BCUT2D eigenvalue weighted by atomic mass is 9.97. The van der Waals surface area contributed by atoms with Crippen LogP contribution in [0.4, 0.5) is 9.59 Å². The number of aromatic nitrogens is 2. The van der Waals surface area contributed by atoms with Crippen LogP contribution >= 0.6 is 0 Å². The van der Waals surface area contributed by atoms with Gasteiger partial charge in [0.05, 0.1) is 18.4 Å². The van der Waals surface area contributed by atoms with Crippen molar-refractivity contribution in [2.45, 2.75) is 38.5 Å². The van der Waals surface area contributed by atoms with Crippen molar-refractivity contribution in [2.24, 2.45) is 12.2 Å². The standard InChI is InChI=1S/C15H23N7O5/c1-15(2,3)27-13(23)17-20(5)12(18-25)11-10-8(6-16-19(10)4)9-7-21(11)14(24)22(9)26/h6,9,11,25-26H,7H2,1-5H3,(H,17,23)/b18-12-/t9-,11-/m0/s1. The van der Waals surface area contributed by atoms with Crippen molar-refractivity contribution in [1.82, 2.24) is 30.2 Å². The molecule has 1 fully saturated rings. The molecule has 3 N–H and O–H groups in total. The highest BCUT2D eigenvalue weighted by atomic mass is 16.6. The summed E-state index contributed by atoms with van der Waals surface area (Å²) >= 11 is 0. The predicted octanol–water partition coefficient (Wildman–Crippen LogP) is 0.802. The van der Waals surface area contributed by atoms with Gasteiger partial charge < -0.3 is 14.8 Å². The number of rotatable bonds is 1. The van der Waals surface area contributed by atoms with Crippen molar-refractivity contribution in [1.29, 1.82) is 0 Å². The zero-order valence-corrected chi connectivity index (χ0v) is 15.7.